The highest BCUT2D eigenvalue weighted by Gasteiger charge is 2.32. The molecule has 0 atom stereocenters. The third kappa shape index (κ3) is 4.88. The number of aromatic nitrogens is 2. The lowest BCUT2D eigenvalue weighted by Gasteiger charge is -2.34. The van der Waals surface area contributed by atoms with Crippen molar-refractivity contribution in [2.75, 3.05) is 26.2 Å². The molecule has 1 aliphatic heterocycles. The first-order valence-electron chi connectivity index (χ1n) is 9.00. The topological polar surface area (TPSA) is 84.5 Å². The number of rotatable bonds is 6. The SMILES string of the molecule is Cc1c([N+](=O)[O-])c(C(F)F)nn1CC(=O)N1CCN(Cc2cccc(Cl)c2)CC1. The number of halogens is 3. The molecular weight excluding hydrogens is 408 g/mol. The van der Waals surface area contributed by atoms with Crippen LogP contribution in [0.2, 0.25) is 5.02 Å². The van der Waals surface area contributed by atoms with Gasteiger partial charge in [-0.15, -0.1) is 0 Å². The Labute approximate surface area is 170 Å². The third-order valence-electron chi connectivity index (χ3n) is 4.90. The lowest BCUT2D eigenvalue weighted by atomic mass is 10.2. The van der Waals surface area contributed by atoms with E-state index in [0.717, 1.165) is 10.2 Å². The normalized spacial score (nSPS) is 15.1. The van der Waals surface area contributed by atoms with Gasteiger partial charge in [0.05, 0.1) is 4.92 Å². The Morgan fingerprint density at radius 2 is 2.00 bits per heavy atom. The number of carbonyl (C=O) groups excluding carboxylic acids is 1. The van der Waals surface area contributed by atoms with Gasteiger partial charge in [-0.2, -0.15) is 5.10 Å². The zero-order valence-electron chi connectivity index (χ0n) is 15.7. The van der Waals surface area contributed by atoms with Gasteiger partial charge in [0.1, 0.15) is 12.2 Å². The summed E-state index contributed by atoms with van der Waals surface area (Å²) in [5.74, 6) is -0.311. The second-order valence-electron chi connectivity index (χ2n) is 6.82. The molecule has 0 unspecified atom stereocenters. The van der Waals surface area contributed by atoms with Crippen molar-refractivity contribution < 1.29 is 18.5 Å². The molecule has 8 nitrogen and oxygen atoms in total. The second-order valence-corrected chi connectivity index (χ2v) is 7.26. The first-order chi connectivity index (χ1) is 13.8. The summed E-state index contributed by atoms with van der Waals surface area (Å²) in [6, 6.07) is 7.57. The Morgan fingerprint density at radius 3 is 2.55 bits per heavy atom. The van der Waals surface area contributed by atoms with Crippen molar-refractivity contribution in [1.29, 1.82) is 0 Å². The van der Waals surface area contributed by atoms with Crippen LogP contribution in [0.4, 0.5) is 14.5 Å². The van der Waals surface area contributed by atoms with E-state index in [0.29, 0.717) is 37.7 Å². The standard InChI is InChI=1S/C18H20ClF2N5O3/c1-12-17(26(28)29)16(18(20)21)22-25(12)11-15(27)24-7-5-23(6-8-24)10-13-3-2-4-14(19)9-13/h2-4,9,18H,5-8,10-11H2,1H3. The van der Waals surface area contributed by atoms with Crippen LogP contribution in [0.3, 0.4) is 0 Å². The van der Waals surface area contributed by atoms with Crippen LogP contribution in [0, 0.1) is 17.0 Å². The molecule has 3 rings (SSSR count). The fourth-order valence-corrected chi connectivity index (χ4v) is 3.58. The molecule has 0 saturated carbocycles. The average molecular weight is 428 g/mol. The number of benzene rings is 1. The molecule has 1 fully saturated rings. The first-order valence-corrected chi connectivity index (χ1v) is 9.38. The summed E-state index contributed by atoms with van der Waals surface area (Å²) in [5, 5.41) is 15.3. The zero-order chi connectivity index (χ0) is 21.1. The van der Waals surface area contributed by atoms with Gasteiger partial charge in [0, 0.05) is 37.7 Å². The number of nitrogens with zero attached hydrogens (tertiary/aromatic N) is 5. The Morgan fingerprint density at radius 1 is 1.31 bits per heavy atom. The molecule has 2 heterocycles. The van der Waals surface area contributed by atoms with Crippen LogP contribution in [0.5, 0.6) is 0 Å². The van der Waals surface area contributed by atoms with E-state index < -0.39 is 22.7 Å². The number of alkyl halides is 2. The quantitative estimate of drug-likeness (QED) is 0.522. The molecule has 0 N–H and O–H groups in total. The molecule has 1 aromatic heterocycles. The van der Waals surface area contributed by atoms with Gasteiger partial charge in [-0.25, -0.2) is 8.78 Å². The minimum atomic E-state index is -3.08. The smallest absolute Gasteiger partial charge is 0.319 e. The molecule has 1 aromatic carbocycles. The summed E-state index contributed by atoms with van der Waals surface area (Å²) in [4.78, 5) is 26.5. The molecule has 0 bridgehead atoms. The first kappa shape index (κ1) is 21.1. The van der Waals surface area contributed by atoms with E-state index in [4.69, 9.17) is 11.6 Å². The summed E-state index contributed by atoms with van der Waals surface area (Å²) >= 11 is 6.00. The largest absolute Gasteiger partial charge is 0.339 e. The van der Waals surface area contributed by atoms with Crippen LogP contribution in [-0.2, 0) is 17.9 Å². The maximum absolute atomic E-state index is 13.0. The van der Waals surface area contributed by atoms with E-state index in [9.17, 15) is 23.7 Å². The van der Waals surface area contributed by atoms with Crippen LogP contribution >= 0.6 is 11.6 Å². The van der Waals surface area contributed by atoms with Crippen LogP contribution < -0.4 is 0 Å². The number of hydrogen-bond acceptors (Lipinski definition) is 5. The molecule has 0 radical (unpaired) electrons. The van der Waals surface area contributed by atoms with Crippen LogP contribution in [0.1, 0.15) is 23.4 Å². The van der Waals surface area contributed by atoms with Gasteiger partial charge < -0.3 is 4.90 Å². The van der Waals surface area contributed by atoms with Crippen molar-refractivity contribution in [1.82, 2.24) is 19.6 Å². The van der Waals surface area contributed by atoms with Gasteiger partial charge in [0.2, 0.25) is 11.6 Å². The van der Waals surface area contributed by atoms with Gasteiger partial charge in [-0.1, -0.05) is 23.7 Å². The van der Waals surface area contributed by atoms with Gasteiger partial charge in [-0.3, -0.25) is 24.5 Å². The maximum Gasteiger partial charge on any atom is 0.319 e. The van der Waals surface area contributed by atoms with E-state index >= 15 is 0 Å². The summed E-state index contributed by atoms with van der Waals surface area (Å²) in [6.07, 6.45) is -3.08. The van der Waals surface area contributed by atoms with E-state index in [1.165, 1.54) is 6.92 Å². The Bertz CT molecular complexity index is 913. The number of hydrogen-bond donors (Lipinski definition) is 0. The fourth-order valence-electron chi connectivity index (χ4n) is 3.36. The van der Waals surface area contributed by atoms with Crippen molar-refractivity contribution in [2.45, 2.75) is 26.4 Å². The average Bonchev–Trinajstić information content (AvgIpc) is 2.99. The maximum atomic E-state index is 13.0. The highest BCUT2D eigenvalue weighted by Crippen LogP contribution is 2.30. The molecule has 0 aliphatic carbocycles. The summed E-state index contributed by atoms with van der Waals surface area (Å²) in [7, 11) is 0. The minimum Gasteiger partial charge on any atom is -0.339 e. The predicted octanol–water partition coefficient (Wildman–Crippen LogP) is 3.04. The lowest BCUT2D eigenvalue weighted by Crippen LogP contribution is -2.49. The molecule has 1 amide bonds. The second kappa shape index (κ2) is 8.83. The van der Waals surface area contributed by atoms with Crippen molar-refractivity contribution in [3.63, 3.8) is 0 Å². The monoisotopic (exact) mass is 427 g/mol. The summed E-state index contributed by atoms with van der Waals surface area (Å²) in [5.41, 5.74) is -0.625. The van der Waals surface area contributed by atoms with Crippen LogP contribution in [0.25, 0.3) is 0 Å². The van der Waals surface area contributed by atoms with E-state index in [1.54, 1.807) is 4.90 Å². The molecule has 156 valence electrons. The van der Waals surface area contributed by atoms with Crippen LogP contribution in [0.15, 0.2) is 24.3 Å². The molecule has 2 aromatic rings. The molecule has 1 aliphatic rings. The van der Waals surface area contributed by atoms with Crippen molar-refractivity contribution in [3.05, 3.63) is 56.4 Å². The highest BCUT2D eigenvalue weighted by atomic mass is 35.5. The summed E-state index contributed by atoms with van der Waals surface area (Å²) < 4.78 is 27.0. The van der Waals surface area contributed by atoms with E-state index in [2.05, 4.69) is 10.00 Å². The Kier molecular flexibility index (Phi) is 6.43. The number of piperazine rings is 1. The van der Waals surface area contributed by atoms with Crippen molar-refractivity contribution >= 4 is 23.2 Å². The minimum absolute atomic E-state index is 0.0572. The molecule has 11 heteroatoms. The summed E-state index contributed by atoms with van der Waals surface area (Å²) in [6.45, 7) is 3.97. The lowest BCUT2D eigenvalue weighted by molar-refractivity contribution is -0.386. The molecular formula is C18H20ClF2N5O3. The molecule has 0 spiro atoms. The Balaban J connectivity index is 1.60. The van der Waals surface area contributed by atoms with Gasteiger partial charge in [-0.05, 0) is 24.6 Å². The van der Waals surface area contributed by atoms with Crippen LogP contribution in [-0.4, -0.2) is 56.6 Å². The van der Waals surface area contributed by atoms with Gasteiger partial charge >= 0.3 is 5.69 Å². The van der Waals surface area contributed by atoms with Crippen molar-refractivity contribution in [3.8, 4) is 0 Å². The number of carbonyl (C=O) groups is 1. The third-order valence-corrected chi connectivity index (χ3v) is 5.13. The predicted molar refractivity (Wildman–Crippen MR) is 102 cm³/mol. The van der Waals surface area contributed by atoms with E-state index in [1.807, 2.05) is 24.3 Å². The zero-order valence-corrected chi connectivity index (χ0v) is 16.5. The fraction of sp³-hybridized carbons (Fsp3) is 0.444. The van der Waals surface area contributed by atoms with E-state index in [-0.39, 0.29) is 18.1 Å². The molecule has 29 heavy (non-hydrogen) atoms. The Hall–Kier alpha value is -2.59. The van der Waals surface area contributed by atoms with Crippen molar-refractivity contribution in [2.24, 2.45) is 0 Å². The highest BCUT2D eigenvalue weighted by molar-refractivity contribution is 6.30. The number of amides is 1. The molecule has 1 saturated heterocycles. The van der Waals surface area contributed by atoms with Gasteiger partial charge in [0.25, 0.3) is 6.43 Å². The number of nitro groups is 1. The van der Waals surface area contributed by atoms with Gasteiger partial charge in [0.15, 0.2) is 0 Å².